The van der Waals surface area contributed by atoms with E-state index in [0.717, 1.165) is 11.6 Å². The second-order valence-corrected chi connectivity index (χ2v) is 6.16. The molecule has 2 heterocycles. The number of nitrogens with one attached hydrogen (secondary N) is 1. The van der Waals surface area contributed by atoms with E-state index in [9.17, 15) is 14.0 Å². The van der Waals surface area contributed by atoms with E-state index >= 15 is 0 Å². The number of benzene rings is 2. The number of amides is 2. The standard InChI is InChI=1S/C21H15FN2O5/c1-27-13-4-2-3-11(9-13)15-7-8-17(28-15)21(26)24-18-14-10-12(22)5-6-16(14)29-19(18)20(23)25/h2-10H,1H3,(H2,23,25)(H,24,26). The van der Waals surface area contributed by atoms with Gasteiger partial charge in [0.1, 0.15) is 28.6 Å². The molecular weight excluding hydrogens is 379 g/mol. The van der Waals surface area contributed by atoms with Gasteiger partial charge in [0.15, 0.2) is 5.76 Å². The Labute approximate surface area is 163 Å². The monoisotopic (exact) mass is 394 g/mol. The SMILES string of the molecule is COc1cccc(-c2ccc(C(=O)Nc3c(C(N)=O)oc4ccc(F)cc34)o2)c1. The van der Waals surface area contributed by atoms with E-state index in [1.807, 2.05) is 0 Å². The third-order valence-corrected chi connectivity index (χ3v) is 4.30. The summed E-state index contributed by atoms with van der Waals surface area (Å²) in [6.07, 6.45) is 0. The number of ether oxygens (including phenoxy) is 1. The maximum atomic E-state index is 13.6. The number of carbonyl (C=O) groups excluding carboxylic acids is 2. The summed E-state index contributed by atoms with van der Waals surface area (Å²) in [5, 5.41) is 2.74. The van der Waals surface area contributed by atoms with Crippen LogP contribution in [0.4, 0.5) is 10.1 Å². The van der Waals surface area contributed by atoms with Crippen molar-refractivity contribution < 1.29 is 27.6 Å². The zero-order valence-corrected chi connectivity index (χ0v) is 15.2. The molecule has 0 spiro atoms. The van der Waals surface area contributed by atoms with Crippen LogP contribution in [0.25, 0.3) is 22.3 Å². The molecule has 2 aromatic carbocycles. The Kier molecular flexibility index (Phi) is 4.52. The van der Waals surface area contributed by atoms with Gasteiger partial charge in [0, 0.05) is 10.9 Å². The molecule has 0 atom stereocenters. The van der Waals surface area contributed by atoms with Crippen LogP contribution < -0.4 is 15.8 Å². The van der Waals surface area contributed by atoms with Crippen LogP contribution in [0.15, 0.2) is 63.4 Å². The molecule has 0 aliphatic heterocycles. The summed E-state index contributed by atoms with van der Waals surface area (Å²) in [6.45, 7) is 0. The van der Waals surface area contributed by atoms with Gasteiger partial charge in [-0.1, -0.05) is 12.1 Å². The fourth-order valence-electron chi connectivity index (χ4n) is 2.93. The van der Waals surface area contributed by atoms with Crippen molar-refractivity contribution in [3.63, 3.8) is 0 Å². The van der Waals surface area contributed by atoms with Crippen molar-refractivity contribution in [1.82, 2.24) is 0 Å². The topological polar surface area (TPSA) is 108 Å². The van der Waals surface area contributed by atoms with Gasteiger partial charge in [-0.05, 0) is 42.5 Å². The van der Waals surface area contributed by atoms with Crippen LogP contribution in [0.5, 0.6) is 5.75 Å². The van der Waals surface area contributed by atoms with Crippen molar-refractivity contribution in [2.75, 3.05) is 12.4 Å². The second kappa shape index (κ2) is 7.16. The smallest absolute Gasteiger partial charge is 0.291 e. The number of nitrogens with two attached hydrogens (primary N) is 1. The first-order chi connectivity index (χ1) is 14.0. The van der Waals surface area contributed by atoms with Crippen LogP contribution in [-0.4, -0.2) is 18.9 Å². The average Bonchev–Trinajstić information content (AvgIpc) is 3.34. The fraction of sp³-hybridized carbons (Fsp3) is 0.0476. The lowest BCUT2D eigenvalue weighted by Gasteiger charge is -2.04. The van der Waals surface area contributed by atoms with Gasteiger partial charge in [-0.15, -0.1) is 0 Å². The molecule has 8 heteroatoms. The maximum absolute atomic E-state index is 13.6. The summed E-state index contributed by atoms with van der Waals surface area (Å²) >= 11 is 0. The van der Waals surface area contributed by atoms with E-state index in [4.69, 9.17) is 19.3 Å². The lowest BCUT2D eigenvalue weighted by atomic mass is 10.1. The molecule has 4 rings (SSSR count). The van der Waals surface area contributed by atoms with Gasteiger partial charge in [0.25, 0.3) is 11.8 Å². The van der Waals surface area contributed by atoms with Crippen molar-refractivity contribution in [2.45, 2.75) is 0 Å². The zero-order chi connectivity index (χ0) is 20.5. The molecule has 146 valence electrons. The molecule has 2 amide bonds. The molecule has 0 saturated carbocycles. The molecule has 0 radical (unpaired) electrons. The lowest BCUT2D eigenvalue weighted by molar-refractivity contribution is 0.0977. The van der Waals surface area contributed by atoms with Crippen LogP contribution in [0.1, 0.15) is 21.1 Å². The van der Waals surface area contributed by atoms with Gasteiger partial charge >= 0.3 is 0 Å². The highest BCUT2D eigenvalue weighted by Crippen LogP contribution is 2.32. The van der Waals surface area contributed by atoms with Gasteiger partial charge in [-0.3, -0.25) is 9.59 Å². The summed E-state index contributed by atoms with van der Waals surface area (Å²) < 4.78 is 29.8. The lowest BCUT2D eigenvalue weighted by Crippen LogP contribution is -2.16. The molecule has 0 bridgehead atoms. The predicted molar refractivity (Wildman–Crippen MR) is 103 cm³/mol. The first-order valence-corrected chi connectivity index (χ1v) is 8.53. The Morgan fingerprint density at radius 1 is 1.07 bits per heavy atom. The van der Waals surface area contributed by atoms with Gasteiger partial charge in [-0.2, -0.15) is 0 Å². The second-order valence-electron chi connectivity index (χ2n) is 6.16. The van der Waals surface area contributed by atoms with Crippen molar-refractivity contribution in [3.05, 3.63) is 71.9 Å². The van der Waals surface area contributed by atoms with E-state index in [2.05, 4.69) is 5.32 Å². The average molecular weight is 394 g/mol. The number of furan rings is 2. The first-order valence-electron chi connectivity index (χ1n) is 8.53. The minimum Gasteiger partial charge on any atom is -0.497 e. The molecule has 0 saturated heterocycles. The molecule has 2 aromatic heterocycles. The molecule has 29 heavy (non-hydrogen) atoms. The summed E-state index contributed by atoms with van der Waals surface area (Å²) in [4.78, 5) is 24.4. The van der Waals surface area contributed by atoms with Gasteiger partial charge in [0.2, 0.25) is 5.76 Å². The Morgan fingerprint density at radius 2 is 1.90 bits per heavy atom. The Bertz CT molecular complexity index is 1240. The van der Waals surface area contributed by atoms with Crippen molar-refractivity contribution in [2.24, 2.45) is 5.73 Å². The van der Waals surface area contributed by atoms with Gasteiger partial charge in [-0.25, -0.2) is 4.39 Å². The predicted octanol–water partition coefficient (Wildman–Crippen LogP) is 4.19. The van der Waals surface area contributed by atoms with E-state index in [-0.39, 0.29) is 28.2 Å². The van der Waals surface area contributed by atoms with Crippen LogP contribution in [0.3, 0.4) is 0 Å². The number of anilines is 1. The van der Waals surface area contributed by atoms with E-state index in [0.29, 0.717) is 11.5 Å². The van der Waals surface area contributed by atoms with E-state index < -0.39 is 17.6 Å². The summed E-state index contributed by atoms with van der Waals surface area (Å²) in [7, 11) is 1.55. The van der Waals surface area contributed by atoms with E-state index in [1.165, 1.54) is 18.2 Å². The summed E-state index contributed by atoms with van der Waals surface area (Å²) in [6, 6.07) is 13.9. The number of fused-ring (bicyclic) bond motifs is 1. The number of hydrogen-bond acceptors (Lipinski definition) is 5. The van der Waals surface area contributed by atoms with Gasteiger partial charge < -0.3 is 24.6 Å². The fourth-order valence-corrected chi connectivity index (χ4v) is 2.93. The van der Waals surface area contributed by atoms with Crippen LogP contribution in [0, 0.1) is 5.82 Å². The number of hydrogen-bond donors (Lipinski definition) is 2. The highest BCUT2D eigenvalue weighted by Gasteiger charge is 2.23. The molecule has 4 aromatic rings. The number of halogens is 1. The van der Waals surface area contributed by atoms with E-state index in [1.54, 1.807) is 37.4 Å². The molecule has 0 aliphatic rings. The van der Waals surface area contributed by atoms with Crippen molar-refractivity contribution >= 4 is 28.5 Å². The molecular formula is C21H15FN2O5. The summed E-state index contributed by atoms with van der Waals surface area (Å²) in [5.41, 5.74) is 6.24. The van der Waals surface area contributed by atoms with Crippen LogP contribution >= 0.6 is 0 Å². The maximum Gasteiger partial charge on any atom is 0.291 e. The number of primary amides is 1. The molecule has 0 aliphatic carbocycles. The normalized spacial score (nSPS) is 10.8. The zero-order valence-electron chi connectivity index (χ0n) is 15.2. The third kappa shape index (κ3) is 3.43. The van der Waals surface area contributed by atoms with Crippen molar-refractivity contribution in [1.29, 1.82) is 0 Å². The largest absolute Gasteiger partial charge is 0.497 e. The Hall–Kier alpha value is -4.07. The molecule has 0 unspecified atom stereocenters. The molecule has 7 nitrogen and oxygen atoms in total. The number of rotatable bonds is 5. The Morgan fingerprint density at radius 3 is 2.66 bits per heavy atom. The highest BCUT2D eigenvalue weighted by molar-refractivity contribution is 6.13. The quantitative estimate of drug-likeness (QED) is 0.528. The third-order valence-electron chi connectivity index (χ3n) is 4.30. The number of carbonyl (C=O) groups is 2. The minimum atomic E-state index is -0.895. The number of methoxy groups -OCH3 is 1. The minimum absolute atomic E-state index is 0.0102. The van der Waals surface area contributed by atoms with Crippen molar-refractivity contribution in [3.8, 4) is 17.1 Å². The van der Waals surface area contributed by atoms with Crippen LogP contribution in [-0.2, 0) is 0 Å². The Balaban J connectivity index is 1.67. The van der Waals surface area contributed by atoms with Crippen LogP contribution in [0.2, 0.25) is 0 Å². The molecule has 0 fully saturated rings. The summed E-state index contributed by atoms with van der Waals surface area (Å²) in [5.74, 6) is -1.29. The first kappa shape index (κ1) is 18.3. The molecule has 3 N–H and O–H groups in total. The van der Waals surface area contributed by atoms with Gasteiger partial charge in [0.05, 0.1) is 7.11 Å². The highest BCUT2D eigenvalue weighted by atomic mass is 19.1.